The molecule has 2 aromatic rings. The maximum Gasteiger partial charge on any atom is 0.0415 e. The smallest absolute Gasteiger partial charge is 0.0415 e. The summed E-state index contributed by atoms with van der Waals surface area (Å²) >= 11 is 7.92. The van der Waals surface area contributed by atoms with Gasteiger partial charge in [-0.05, 0) is 41.8 Å². The monoisotopic (exact) mass is 303 g/mol. The second-order valence-corrected chi connectivity index (χ2v) is 6.56. The van der Waals surface area contributed by atoms with E-state index in [2.05, 4.69) is 41.7 Å². The lowest BCUT2D eigenvalue weighted by molar-refractivity contribution is 0.577. The molecule has 1 aliphatic rings. The highest BCUT2D eigenvalue weighted by Crippen LogP contribution is 2.31. The lowest BCUT2D eigenvalue weighted by Crippen LogP contribution is -2.28. The standard InChI is InChI=1S/C17H18ClNS/c18-15-7-5-13(6-8-15)9-10-19-17-12-20-11-14-3-1-2-4-16(14)17/h1-8,17,19H,9-12H2. The molecular formula is C17H18ClNS. The highest BCUT2D eigenvalue weighted by molar-refractivity contribution is 7.98. The molecule has 1 unspecified atom stereocenters. The molecule has 0 aliphatic carbocycles. The molecule has 0 amide bonds. The van der Waals surface area contributed by atoms with Crippen LogP contribution in [0.5, 0.6) is 0 Å². The number of rotatable bonds is 4. The number of nitrogens with one attached hydrogen (secondary N) is 1. The van der Waals surface area contributed by atoms with E-state index in [1.165, 1.54) is 16.7 Å². The van der Waals surface area contributed by atoms with Crippen molar-refractivity contribution in [2.75, 3.05) is 12.3 Å². The van der Waals surface area contributed by atoms with E-state index in [4.69, 9.17) is 11.6 Å². The van der Waals surface area contributed by atoms with Gasteiger partial charge in [-0.3, -0.25) is 0 Å². The van der Waals surface area contributed by atoms with E-state index < -0.39 is 0 Å². The first-order valence-electron chi connectivity index (χ1n) is 6.96. The van der Waals surface area contributed by atoms with Crippen LogP contribution >= 0.6 is 23.4 Å². The Balaban J connectivity index is 1.58. The normalized spacial score (nSPS) is 17.8. The molecule has 0 bridgehead atoms. The number of benzene rings is 2. The van der Waals surface area contributed by atoms with Gasteiger partial charge < -0.3 is 5.32 Å². The minimum absolute atomic E-state index is 0.484. The molecule has 1 nitrogen and oxygen atoms in total. The van der Waals surface area contributed by atoms with Gasteiger partial charge in [-0.15, -0.1) is 0 Å². The molecule has 1 atom stereocenters. The van der Waals surface area contributed by atoms with Crippen LogP contribution in [0, 0.1) is 0 Å². The van der Waals surface area contributed by atoms with Gasteiger partial charge in [0.2, 0.25) is 0 Å². The van der Waals surface area contributed by atoms with Gasteiger partial charge in [0.05, 0.1) is 0 Å². The number of hydrogen-bond acceptors (Lipinski definition) is 2. The van der Waals surface area contributed by atoms with Gasteiger partial charge in [-0.25, -0.2) is 0 Å². The molecule has 1 aliphatic heterocycles. The van der Waals surface area contributed by atoms with Gasteiger partial charge >= 0.3 is 0 Å². The first-order valence-corrected chi connectivity index (χ1v) is 8.49. The minimum atomic E-state index is 0.484. The van der Waals surface area contributed by atoms with Crippen molar-refractivity contribution in [3.63, 3.8) is 0 Å². The van der Waals surface area contributed by atoms with Crippen LogP contribution in [-0.2, 0) is 12.2 Å². The van der Waals surface area contributed by atoms with Crippen LogP contribution in [0.1, 0.15) is 22.7 Å². The van der Waals surface area contributed by atoms with Crippen LogP contribution < -0.4 is 5.32 Å². The maximum atomic E-state index is 5.91. The molecular weight excluding hydrogens is 286 g/mol. The van der Waals surface area contributed by atoms with Crippen LogP contribution in [0.2, 0.25) is 5.02 Å². The molecule has 3 heteroatoms. The second-order valence-electron chi connectivity index (χ2n) is 5.10. The van der Waals surface area contributed by atoms with Crippen LogP contribution in [0.15, 0.2) is 48.5 Å². The van der Waals surface area contributed by atoms with E-state index in [0.29, 0.717) is 6.04 Å². The molecule has 0 radical (unpaired) electrons. The summed E-state index contributed by atoms with van der Waals surface area (Å²) in [6, 6.07) is 17.4. The molecule has 1 heterocycles. The summed E-state index contributed by atoms with van der Waals surface area (Å²) in [5, 5.41) is 4.49. The predicted molar refractivity (Wildman–Crippen MR) is 88.5 cm³/mol. The summed E-state index contributed by atoms with van der Waals surface area (Å²) in [4.78, 5) is 0. The van der Waals surface area contributed by atoms with Crippen molar-refractivity contribution in [2.24, 2.45) is 0 Å². The van der Waals surface area contributed by atoms with Crippen molar-refractivity contribution in [1.29, 1.82) is 0 Å². The molecule has 0 saturated heterocycles. The Labute approximate surface area is 129 Å². The van der Waals surface area contributed by atoms with Crippen molar-refractivity contribution in [3.05, 3.63) is 70.2 Å². The van der Waals surface area contributed by atoms with Crippen molar-refractivity contribution >= 4 is 23.4 Å². The molecule has 2 aromatic carbocycles. The zero-order valence-corrected chi connectivity index (χ0v) is 12.9. The molecule has 0 fully saturated rings. The maximum absolute atomic E-state index is 5.91. The van der Waals surface area contributed by atoms with Gasteiger partial charge in [0.25, 0.3) is 0 Å². The Morgan fingerprint density at radius 2 is 1.90 bits per heavy atom. The minimum Gasteiger partial charge on any atom is -0.309 e. The highest BCUT2D eigenvalue weighted by Gasteiger charge is 2.18. The summed E-state index contributed by atoms with van der Waals surface area (Å²) in [5.74, 6) is 2.31. The topological polar surface area (TPSA) is 12.0 Å². The number of halogens is 1. The molecule has 0 spiro atoms. The van der Waals surface area contributed by atoms with Gasteiger partial charge in [0.1, 0.15) is 0 Å². The average molecular weight is 304 g/mol. The lowest BCUT2D eigenvalue weighted by Gasteiger charge is -2.26. The van der Waals surface area contributed by atoms with E-state index >= 15 is 0 Å². The fourth-order valence-corrected chi connectivity index (χ4v) is 3.85. The first-order chi connectivity index (χ1) is 9.83. The second kappa shape index (κ2) is 6.66. The fraction of sp³-hybridized carbons (Fsp3) is 0.294. The van der Waals surface area contributed by atoms with Gasteiger partial charge in [0, 0.05) is 22.6 Å². The van der Waals surface area contributed by atoms with Crippen molar-refractivity contribution in [2.45, 2.75) is 18.2 Å². The summed E-state index contributed by atoms with van der Waals surface area (Å²) in [5.41, 5.74) is 4.29. The van der Waals surface area contributed by atoms with Crippen molar-refractivity contribution < 1.29 is 0 Å². The van der Waals surface area contributed by atoms with Crippen molar-refractivity contribution in [1.82, 2.24) is 5.32 Å². The van der Waals surface area contributed by atoms with Crippen LogP contribution in [0.25, 0.3) is 0 Å². The highest BCUT2D eigenvalue weighted by atomic mass is 35.5. The average Bonchev–Trinajstić information content (AvgIpc) is 2.49. The van der Waals surface area contributed by atoms with Gasteiger partial charge in [-0.2, -0.15) is 11.8 Å². The van der Waals surface area contributed by atoms with E-state index in [9.17, 15) is 0 Å². The third-order valence-corrected chi connectivity index (χ3v) is 5.03. The Morgan fingerprint density at radius 1 is 1.10 bits per heavy atom. The van der Waals surface area contributed by atoms with Crippen LogP contribution in [-0.4, -0.2) is 12.3 Å². The summed E-state index contributed by atoms with van der Waals surface area (Å²) in [6.45, 7) is 1.00. The molecule has 20 heavy (non-hydrogen) atoms. The number of fused-ring (bicyclic) bond motifs is 1. The largest absolute Gasteiger partial charge is 0.309 e. The van der Waals surface area contributed by atoms with E-state index in [0.717, 1.165) is 29.5 Å². The Morgan fingerprint density at radius 3 is 2.75 bits per heavy atom. The number of thioether (sulfide) groups is 1. The fourth-order valence-electron chi connectivity index (χ4n) is 2.59. The Bertz CT molecular complexity index is 567. The zero-order chi connectivity index (χ0) is 13.8. The summed E-state index contributed by atoms with van der Waals surface area (Å²) in [7, 11) is 0. The predicted octanol–water partition coefficient (Wildman–Crippen LogP) is 4.46. The molecule has 1 N–H and O–H groups in total. The SMILES string of the molecule is Clc1ccc(CCNC2CSCc3ccccc32)cc1. The zero-order valence-electron chi connectivity index (χ0n) is 11.3. The van der Waals surface area contributed by atoms with Gasteiger partial charge in [0.15, 0.2) is 0 Å². The summed E-state index contributed by atoms with van der Waals surface area (Å²) in [6.07, 6.45) is 1.04. The van der Waals surface area contributed by atoms with E-state index in [1.807, 2.05) is 23.9 Å². The van der Waals surface area contributed by atoms with E-state index in [1.54, 1.807) is 0 Å². The first kappa shape index (κ1) is 14.0. The Kier molecular flexibility index (Phi) is 4.66. The summed E-state index contributed by atoms with van der Waals surface area (Å²) < 4.78 is 0. The molecule has 0 saturated carbocycles. The molecule has 104 valence electrons. The Hall–Kier alpha value is -0.960. The van der Waals surface area contributed by atoms with E-state index in [-0.39, 0.29) is 0 Å². The third-order valence-electron chi connectivity index (χ3n) is 3.69. The third kappa shape index (κ3) is 3.38. The van der Waals surface area contributed by atoms with Crippen molar-refractivity contribution in [3.8, 4) is 0 Å². The number of hydrogen-bond donors (Lipinski definition) is 1. The lowest BCUT2D eigenvalue weighted by atomic mass is 10.0. The van der Waals surface area contributed by atoms with Crippen LogP contribution in [0.4, 0.5) is 0 Å². The van der Waals surface area contributed by atoms with Crippen LogP contribution in [0.3, 0.4) is 0 Å². The van der Waals surface area contributed by atoms with Gasteiger partial charge in [-0.1, -0.05) is 48.0 Å². The molecule has 0 aromatic heterocycles. The quantitative estimate of drug-likeness (QED) is 0.895. The molecule has 3 rings (SSSR count).